The van der Waals surface area contributed by atoms with Crippen molar-refractivity contribution in [3.05, 3.63) is 59.4 Å². The molecule has 0 saturated heterocycles. The number of hydrogen-bond acceptors (Lipinski definition) is 2. The van der Waals surface area contributed by atoms with E-state index >= 15 is 0 Å². The van der Waals surface area contributed by atoms with Gasteiger partial charge in [-0.3, -0.25) is 0 Å². The first kappa shape index (κ1) is 21.2. The maximum Gasteiger partial charge on any atom is 0.193 e. The summed E-state index contributed by atoms with van der Waals surface area (Å²) in [7, 11) is 0. The predicted molar refractivity (Wildman–Crippen MR) is 112 cm³/mol. The standard InChI is InChI=1S/C19H24FN3O.HI/c1-4-24-18-9-8-14(10-17(18)20)12-22-19(21)23-16-7-5-6-15(11-16)13(2)3;/h5-11,13H,4,12H2,1-3H3,(H3,21,22,23);1H. The van der Waals surface area contributed by atoms with Crippen molar-refractivity contribution in [3.8, 4) is 5.75 Å². The predicted octanol–water partition coefficient (Wildman–Crippen LogP) is 4.89. The first-order valence-corrected chi connectivity index (χ1v) is 8.07. The molecule has 0 amide bonds. The Morgan fingerprint density at radius 1 is 1.24 bits per heavy atom. The lowest BCUT2D eigenvalue weighted by atomic mass is 10.0. The Morgan fingerprint density at radius 2 is 2.00 bits per heavy atom. The molecule has 2 aromatic rings. The normalized spacial score (nSPS) is 11.2. The number of nitrogens with two attached hydrogens (primary N) is 1. The van der Waals surface area contributed by atoms with Crippen molar-refractivity contribution in [3.63, 3.8) is 0 Å². The number of hydrogen-bond donors (Lipinski definition) is 2. The van der Waals surface area contributed by atoms with Crippen molar-refractivity contribution < 1.29 is 9.13 Å². The Morgan fingerprint density at radius 3 is 2.64 bits per heavy atom. The molecule has 0 bridgehead atoms. The fourth-order valence-corrected chi connectivity index (χ4v) is 2.25. The number of halogens is 2. The van der Waals surface area contributed by atoms with Gasteiger partial charge in [0.15, 0.2) is 17.5 Å². The molecular weight excluding hydrogens is 432 g/mol. The highest BCUT2D eigenvalue weighted by atomic mass is 127. The third-order valence-electron chi connectivity index (χ3n) is 3.55. The molecule has 6 heteroatoms. The number of aliphatic imine (C=N–C) groups is 1. The molecule has 0 fully saturated rings. The quantitative estimate of drug-likeness (QED) is 0.369. The Hall–Kier alpha value is -1.83. The van der Waals surface area contributed by atoms with E-state index in [4.69, 9.17) is 10.5 Å². The molecule has 0 aliphatic rings. The third kappa shape index (κ3) is 6.53. The monoisotopic (exact) mass is 457 g/mol. The highest BCUT2D eigenvalue weighted by Crippen LogP contribution is 2.20. The van der Waals surface area contributed by atoms with Gasteiger partial charge in [-0.2, -0.15) is 0 Å². The highest BCUT2D eigenvalue weighted by molar-refractivity contribution is 14.0. The summed E-state index contributed by atoms with van der Waals surface area (Å²) in [6.45, 7) is 6.82. The first-order chi connectivity index (χ1) is 11.5. The number of guanidine groups is 1. The number of nitrogens with zero attached hydrogens (tertiary/aromatic N) is 1. The topological polar surface area (TPSA) is 59.6 Å². The first-order valence-electron chi connectivity index (χ1n) is 8.07. The second-order valence-electron chi connectivity index (χ2n) is 5.80. The largest absolute Gasteiger partial charge is 0.491 e. The van der Waals surface area contributed by atoms with E-state index in [9.17, 15) is 4.39 Å². The maximum atomic E-state index is 13.8. The number of nitrogens with one attached hydrogen (secondary N) is 1. The van der Waals surface area contributed by atoms with E-state index in [0.717, 1.165) is 11.3 Å². The minimum atomic E-state index is -0.388. The van der Waals surface area contributed by atoms with Crippen molar-refractivity contribution in [2.24, 2.45) is 10.7 Å². The van der Waals surface area contributed by atoms with Crippen LogP contribution in [0.1, 0.15) is 37.8 Å². The average Bonchev–Trinajstić information content (AvgIpc) is 2.55. The van der Waals surface area contributed by atoms with E-state index in [1.165, 1.54) is 11.6 Å². The number of benzene rings is 2. The number of rotatable bonds is 6. The molecule has 136 valence electrons. The lowest BCUT2D eigenvalue weighted by Crippen LogP contribution is -2.22. The summed E-state index contributed by atoms with van der Waals surface area (Å²) in [4.78, 5) is 4.26. The van der Waals surface area contributed by atoms with Gasteiger partial charge in [0.2, 0.25) is 0 Å². The van der Waals surface area contributed by atoms with Gasteiger partial charge >= 0.3 is 0 Å². The second-order valence-corrected chi connectivity index (χ2v) is 5.80. The molecule has 3 N–H and O–H groups in total. The summed E-state index contributed by atoms with van der Waals surface area (Å²) in [5, 5.41) is 3.06. The molecule has 0 atom stereocenters. The average molecular weight is 457 g/mol. The van der Waals surface area contributed by atoms with E-state index in [2.05, 4.69) is 30.2 Å². The molecule has 2 aromatic carbocycles. The smallest absolute Gasteiger partial charge is 0.193 e. The van der Waals surface area contributed by atoms with Crippen molar-refractivity contribution in [1.82, 2.24) is 0 Å². The van der Waals surface area contributed by atoms with E-state index in [-0.39, 0.29) is 35.5 Å². The molecule has 0 aliphatic heterocycles. The number of anilines is 1. The molecule has 0 heterocycles. The Bertz CT molecular complexity index is 720. The molecule has 25 heavy (non-hydrogen) atoms. The molecule has 0 aromatic heterocycles. The van der Waals surface area contributed by atoms with Crippen LogP contribution in [0.3, 0.4) is 0 Å². The van der Waals surface area contributed by atoms with Gasteiger partial charge in [0.05, 0.1) is 13.2 Å². The highest BCUT2D eigenvalue weighted by Gasteiger charge is 2.05. The summed E-state index contributed by atoms with van der Waals surface area (Å²) in [6.07, 6.45) is 0. The second kappa shape index (κ2) is 10.2. The summed E-state index contributed by atoms with van der Waals surface area (Å²) in [5.41, 5.74) is 8.76. The zero-order chi connectivity index (χ0) is 17.5. The van der Waals surface area contributed by atoms with Crippen molar-refractivity contribution >= 4 is 35.6 Å². The van der Waals surface area contributed by atoms with Crippen LogP contribution in [0.15, 0.2) is 47.5 Å². The molecule has 0 radical (unpaired) electrons. The SMILES string of the molecule is CCOc1ccc(CN=C(N)Nc2cccc(C(C)C)c2)cc1F.I. The van der Waals surface area contributed by atoms with Gasteiger partial charge < -0.3 is 15.8 Å². The van der Waals surface area contributed by atoms with Crippen LogP contribution < -0.4 is 15.8 Å². The molecule has 4 nitrogen and oxygen atoms in total. The lowest BCUT2D eigenvalue weighted by molar-refractivity contribution is 0.321. The molecule has 0 unspecified atom stereocenters. The van der Waals surface area contributed by atoms with Crippen molar-refractivity contribution in [2.45, 2.75) is 33.2 Å². The molecule has 2 rings (SSSR count). The fraction of sp³-hybridized carbons (Fsp3) is 0.316. The minimum absolute atomic E-state index is 0. The van der Waals surface area contributed by atoms with Gasteiger partial charge in [-0.15, -0.1) is 24.0 Å². The molecule has 0 saturated carbocycles. The minimum Gasteiger partial charge on any atom is -0.491 e. The van der Waals surface area contributed by atoms with Gasteiger partial charge in [0.25, 0.3) is 0 Å². The zero-order valence-electron chi connectivity index (χ0n) is 14.8. The van der Waals surface area contributed by atoms with Gasteiger partial charge in [-0.25, -0.2) is 9.38 Å². The lowest BCUT2D eigenvalue weighted by Gasteiger charge is -2.10. The van der Waals surface area contributed by atoms with Crippen molar-refractivity contribution in [2.75, 3.05) is 11.9 Å². The van der Waals surface area contributed by atoms with Crippen LogP contribution >= 0.6 is 24.0 Å². The van der Waals surface area contributed by atoms with Crippen LogP contribution in [0.25, 0.3) is 0 Å². The molecular formula is C19H25FIN3O. The van der Waals surface area contributed by atoms with Gasteiger partial charge in [0, 0.05) is 5.69 Å². The van der Waals surface area contributed by atoms with Crippen LogP contribution in [0.4, 0.5) is 10.1 Å². The van der Waals surface area contributed by atoms with E-state index < -0.39 is 0 Å². The van der Waals surface area contributed by atoms with Crippen LogP contribution in [0.5, 0.6) is 5.75 Å². The zero-order valence-corrected chi connectivity index (χ0v) is 17.1. The van der Waals surface area contributed by atoms with Crippen LogP contribution in [-0.2, 0) is 6.54 Å². The van der Waals surface area contributed by atoms with Gasteiger partial charge in [-0.05, 0) is 48.2 Å². The van der Waals surface area contributed by atoms with E-state index in [1.54, 1.807) is 12.1 Å². The maximum absolute atomic E-state index is 13.8. The summed E-state index contributed by atoms with van der Waals surface area (Å²) >= 11 is 0. The summed E-state index contributed by atoms with van der Waals surface area (Å²) in [5.74, 6) is 0.601. The third-order valence-corrected chi connectivity index (χ3v) is 3.55. The van der Waals surface area contributed by atoms with Crippen LogP contribution in [0.2, 0.25) is 0 Å². The molecule has 0 spiro atoms. The Kier molecular flexibility index (Phi) is 8.68. The van der Waals surface area contributed by atoms with Crippen LogP contribution in [0, 0.1) is 5.82 Å². The van der Waals surface area contributed by atoms with E-state index in [0.29, 0.717) is 25.0 Å². The Balaban J connectivity index is 0.00000312. The van der Waals surface area contributed by atoms with Crippen LogP contribution in [-0.4, -0.2) is 12.6 Å². The van der Waals surface area contributed by atoms with E-state index in [1.807, 2.05) is 25.1 Å². The fourth-order valence-electron chi connectivity index (χ4n) is 2.25. The Labute approximate surface area is 165 Å². The van der Waals surface area contributed by atoms with Gasteiger partial charge in [-0.1, -0.05) is 32.0 Å². The van der Waals surface area contributed by atoms with Gasteiger partial charge in [0.1, 0.15) is 0 Å². The van der Waals surface area contributed by atoms with Crippen molar-refractivity contribution in [1.29, 1.82) is 0 Å². The number of ether oxygens (including phenoxy) is 1. The molecule has 0 aliphatic carbocycles. The summed E-state index contributed by atoms with van der Waals surface area (Å²) < 4.78 is 19.0. The summed E-state index contributed by atoms with van der Waals surface area (Å²) in [6, 6.07) is 12.8.